The standard InChI is InChI=1S/C6H7N5/c1-2-9-6(3-7-1)11-5-8-4-10-11/h1-4H,5H2,(H,8,10). The van der Waals surface area contributed by atoms with Crippen molar-refractivity contribution in [2.24, 2.45) is 4.99 Å². The minimum Gasteiger partial charge on any atom is -0.285 e. The molecule has 1 N–H and O–H groups in total. The highest BCUT2D eigenvalue weighted by molar-refractivity contribution is 5.61. The molecule has 0 atom stereocenters. The summed E-state index contributed by atoms with van der Waals surface area (Å²) < 4.78 is 0. The van der Waals surface area contributed by atoms with Crippen LogP contribution >= 0.6 is 0 Å². The molecule has 1 aromatic heterocycles. The Hall–Kier alpha value is -1.65. The molecule has 0 saturated carbocycles. The van der Waals surface area contributed by atoms with Crippen molar-refractivity contribution in [2.75, 3.05) is 11.7 Å². The van der Waals surface area contributed by atoms with Crippen molar-refractivity contribution in [3.63, 3.8) is 0 Å². The molecule has 0 spiro atoms. The van der Waals surface area contributed by atoms with Gasteiger partial charge >= 0.3 is 0 Å². The number of aromatic nitrogens is 2. The van der Waals surface area contributed by atoms with Gasteiger partial charge in [0, 0.05) is 12.4 Å². The maximum absolute atomic E-state index is 4.08. The Morgan fingerprint density at radius 2 is 2.45 bits per heavy atom. The van der Waals surface area contributed by atoms with Gasteiger partial charge < -0.3 is 0 Å². The highest BCUT2D eigenvalue weighted by Crippen LogP contribution is 2.05. The first kappa shape index (κ1) is 6.09. The largest absolute Gasteiger partial charge is 0.285 e. The number of rotatable bonds is 1. The molecule has 0 aromatic carbocycles. The van der Waals surface area contributed by atoms with E-state index in [0.717, 1.165) is 5.82 Å². The van der Waals surface area contributed by atoms with Gasteiger partial charge in [0.25, 0.3) is 0 Å². The van der Waals surface area contributed by atoms with Gasteiger partial charge in [-0.2, -0.15) is 0 Å². The average molecular weight is 149 g/mol. The Labute approximate surface area is 63.8 Å². The maximum atomic E-state index is 4.08. The van der Waals surface area contributed by atoms with Gasteiger partial charge in [-0.15, -0.1) is 0 Å². The van der Waals surface area contributed by atoms with Crippen LogP contribution in [0.3, 0.4) is 0 Å². The van der Waals surface area contributed by atoms with Gasteiger partial charge in [0.2, 0.25) is 0 Å². The van der Waals surface area contributed by atoms with E-state index in [1.807, 2.05) is 0 Å². The zero-order valence-corrected chi connectivity index (χ0v) is 5.81. The number of hydrazine groups is 1. The summed E-state index contributed by atoms with van der Waals surface area (Å²) in [5, 5.41) is 1.80. The zero-order chi connectivity index (χ0) is 7.52. The van der Waals surface area contributed by atoms with E-state index in [1.54, 1.807) is 29.9 Å². The van der Waals surface area contributed by atoms with Crippen LogP contribution in [0.5, 0.6) is 0 Å². The van der Waals surface area contributed by atoms with Crippen molar-refractivity contribution in [1.82, 2.24) is 15.4 Å². The third kappa shape index (κ3) is 1.12. The van der Waals surface area contributed by atoms with Crippen LogP contribution in [-0.2, 0) is 0 Å². The summed E-state index contributed by atoms with van der Waals surface area (Å²) in [6, 6.07) is 0. The molecule has 0 saturated heterocycles. The van der Waals surface area contributed by atoms with Gasteiger partial charge in [0.05, 0.1) is 6.20 Å². The normalized spacial score (nSPS) is 15.1. The third-order valence-corrected chi connectivity index (χ3v) is 1.35. The van der Waals surface area contributed by atoms with Gasteiger partial charge in [-0.1, -0.05) is 0 Å². The number of hydrogen-bond donors (Lipinski definition) is 1. The van der Waals surface area contributed by atoms with E-state index in [-0.39, 0.29) is 0 Å². The summed E-state index contributed by atoms with van der Waals surface area (Å²) in [6.07, 6.45) is 6.60. The Bertz CT molecular complexity index is 249. The lowest BCUT2D eigenvalue weighted by Crippen LogP contribution is -2.32. The summed E-state index contributed by atoms with van der Waals surface area (Å²) >= 11 is 0. The van der Waals surface area contributed by atoms with Crippen molar-refractivity contribution in [1.29, 1.82) is 0 Å². The van der Waals surface area contributed by atoms with Crippen LogP contribution in [0.1, 0.15) is 0 Å². The molecular formula is C6H7N5. The van der Waals surface area contributed by atoms with Gasteiger partial charge in [-0.25, -0.2) is 9.99 Å². The second-order valence-corrected chi connectivity index (χ2v) is 2.07. The quantitative estimate of drug-likeness (QED) is 0.600. The molecule has 1 aliphatic heterocycles. The molecule has 0 amide bonds. The van der Waals surface area contributed by atoms with Crippen molar-refractivity contribution in [2.45, 2.75) is 0 Å². The van der Waals surface area contributed by atoms with E-state index < -0.39 is 0 Å². The van der Waals surface area contributed by atoms with E-state index in [0.29, 0.717) is 6.67 Å². The molecule has 11 heavy (non-hydrogen) atoms. The lowest BCUT2D eigenvalue weighted by Gasteiger charge is -2.13. The predicted octanol–water partition coefficient (Wildman–Crippen LogP) is -0.213. The molecule has 0 fully saturated rings. The van der Waals surface area contributed by atoms with E-state index in [9.17, 15) is 0 Å². The number of hydrogen-bond acceptors (Lipinski definition) is 5. The molecule has 0 bridgehead atoms. The van der Waals surface area contributed by atoms with Crippen molar-refractivity contribution < 1.29 is 0 Å². The second-order valence-electron chi connectivity index (χ2n) is 2.07. The number of nitrogens with one attached hydrogen (secondary N) is 1. The zero-order valence-electron chi connectivity index (χ0n) is 5.81. The molecule has 5 heteroatoms. The van der Waals surface area contributed by atoms with Crippen LogP contribution in [-0.4, -0.2) is 23.0 Å². The Kier molecular flexibility index (Phi) is 1.40. The highest BCUT2D eigenvalue weighted by Gasteiger charge is 2.07. The molecule has 56 valence electrons. The summed E-state index contributed by atoms with van der Waals surface area (Å²) in [5.74, 6) is 0.782. The van der Waals surface area contributed by atoms with E-state index >= 15 is 0 Å². The average Bonchev–Trinajstić information content (AvgIpc) is 2.58. The van der Waals surface area contributed by atoms with Gasteiger partial charge in [-0.3, -0.25) is 15.4 Å². The van der Waals surface area contributed by atoms with E-state index in [1.165, 1.54) is 0 Å². The molecule has 1 aliphatic rings. The lowest BCUT2D eigenvalue weighted by molar-refractivity contribution is 0.819. The fourth-order valence-electron chi connectivity index (χ4n) is 0.843. The molecule has 2 rings (SSSR count). The molecule has 5 nitrogen and oxygen atoms in total. The summed E-state index contributed by atoms with van der Waals surface area (Å²) in [4.78, 5) is 12.0. The number of aliphatic imine (C=N–C) groups is 1. The topological polar surface area (TPSA) is 53.4 Å². The lowest BCUT2D eigenvalue weighted by atomic mass is 10.6. The molecular weight excluding hydrogens is 142 g/mol. The highest BCUT2D eigenvalue weighted by atomic mass is 15.6. The monoisotopic (exact) mass is 149 g/mol. The van der Waals surface area contributed by atoms with Crippen LogP contribution < -0.4 is 10.4 Å². The van der Waals surface area contributed by atoms with Crippen LogP contribution in [0.25, 0.3) is 0 Å². The Morgan fingerprint density at radius 1 is 1.45 bits per heavy atom. The summed E-state index contributed by atoms with van der Waals surface area (Å²) in [5.41, 5.74) is 2.91. The predicted molar refractivity (Wildman–Crippen MR) is 41.0 cm³/mol. The maximum Gasteiger partial charge on any atom is 0.167 e. The third-order valence-electron chi connectivity index (χ3n) is 1.35. The van der Waals surface area contributed by atoms with Crippen molar-refractivity contribution in [3.8, 4) is 0 Å². The first-order valence-electron chi connectivity index (χ1n) is 3.25. The first-order chi connectivity index (χ1) is 5.47. The Balaban J connectivity index is 2.17. The first-order valence-corrected chi connectivity index (χ1v) is 3.25. The smallest absolute Gasteiger partial charge is 0.167 e. The molecule has 0 radical (unpaired) electrons. The van der Waals surface area contributed by atoms with Gasteiger partial charge in [0.15, 0.2) is 5.82 Å². The number of nitrogens with zero attached hydrogens (tertiary/aromatic N) is 4. The molecule has 0 unspecified atom stereocenters. The molecule has 0 aliphatic carbocycles. The minimum absolute atomic E-state index is 0.596. The van der Waals surface area contributed by atoms with Gasteiger partial charge in [0.1, 0.15) is 13.0 Å². The van der Waals surface area contributed by atoms with Crippen LogP contribution in [0.2, 0.25) is 0 Å². The Morgan fingerprint density at radius 3 is 3.09 bits per heavy atom. The molecule has 1 aromatic rings. The fraction of sp³-hybridized carbons (Fsp3) is 0.167. The molecule has 2 heterocycles. The summed E-state index contributed by atoms with van der Waals surface area (Å²) in [6.45, 7) is 0.596. The second kappa shape index (κ2) is 2.53. The van der Waals surface area contributed by atoms with Crippen molar-refractivity contribution in [3.05, 3.63) is 18.6 Å². The summed E-state index contributed by atoms with van der Waals surface area (Å²) in [7, 11) is 0. The van der Waals surface area contributed by atoms with Gasteiger partial charge in [-0.05, 0) is 0 Å². The van der Waals surface area contributed by atoms with E-state index in [4.69, 9.17) is 0 Å². The van der Waals surface area contributed by atoms with Crippen LogP contribution in [0.4, 0.5) is 5.82 Å². The van der Waals surface area contributed by atoms with E-state index in [2.05, 4.69) is 20.4 Å². The SMILES string of the molecule is C1=NCN(c2cnccn2)N1. The fourth-order valence-corrected chi connectivity index (χ4v) is 0.843. The number of anilines is 1. The van der Waals surface area contributed by atoms with Crippen LogP contribution in [0.15, 0.2) is 23.6 Å². The van der Waals surface area contributed by atoms with Crippen LogP contribution in [0, 0.1) is 0 Å². The minimum atomic E-state index is 0.596. The van der Waals surface area contributed by atoms with Crippen molar-refractivity contribution >= 4 is 12.2 Å².